The highest BCUT2D eigenvalue weighted by Crippen LogP contribution is 1.90. The van der Waals surface area contributed by atoms with Crippen LogP contribution in [0.15, 0.2) is 11.6 Å². The van der Waals surface area contributed by atoms with Gasteiger partial charge in [0.2, 0.25) is 0 Å². The van der Waals surface area contributed by atoms with Crippen molar-refractivity contribution in [3.63, 3.8) is 0 Å². The van der Waals surface area contributed by atoms with Crippen LogP contribution in [0.5, 0.6) is 0 Å². The summed E-state index contributed by atoms with van der Waals surface area (Å²) in [4.78, 5) is 10.6. The van der Waals surface area contributed by atoms with E-state index in [0.29, 0.717) is 12.2 Å². The lowest BCUT2D eigenvalue weighted by Crippen LogP contribution is -2.01. The third-order valence-corrected chi connectivity index (χ3v) is 0.900. The third kappa shape index (κ3) is 4.09. The van der Waals surface area contributed by atoms with Crippen LogP contribution in [-0.4, -0.2) is 24.3 Å². The second-order valence-corrected chi connectivity index (χ2v) is 1.90. The largest absolute Gasteiger partial charge is 0.463 e. The molecule has 0 atom stereocenters. The normalized spacial score (nSPS) is 11.3. The Hall–Kier alpha value is -0.830. The Balaban J connectivity index is 3.75. The van der Waals surface area contributed by atoms with Gasteiger partial charge >= 0.3 is 5.97 Å². The number of rotatable bonds is 3. The van der Waals surface area contributed by atoms with Crippen molar-refractivity contribution < 1.29 is 14.6 Å². The van der Waals surface area contributed by atoms with Gasteiger partial charge in [0.1, 0.15) is 0 Å². The van der Waals surface area contributed by atoms with Crippen molar-refractivity contribution in [3.05, 3.63) is 11.6 Å². The molecule has 3 nitrogen and oxygen atoms in total. The number of aliphatic hydroxyl groups excluding tert-OH is 1. The highest BCUT2D eigenvalue weighted by Gasteiger charge is 1.95. The molecule has 1 N–H and O–H groups in total. The predicted molar refractivity (Wildman–Crippen MR) is 37.5 cm³/mol. The van der Waals surface area contributed by atoms with Crippen molar-refractivity contribution in [2.24, 2.45) is 0 Å². The van der Waals surface area contributed by atoms with Gasteiger partial charge in [-0.3, -0.25) is 0 Å². The topological polar surface area (TPSA) is 46.5 Å². The molecule has 0 heterocycles. The van der Waals surface area contributed by atoms with E-state index in [0.717, 1.165) is 0 Å². The van der Waals surface area contributed by atoms with Crippen LogP contribution in [0.25, 0.3) is 0 Å². The average molecular weight is 144 g/mol. The zero-order valence-electron chi connectivity index (χ0n) is 6.26. The van der Waals surface area contributed by atoms with Crippen LogP contribution in [0, 0.1) is 0 Å². The Bertz CT molecular complexity index is 138. The van der Waals surface area contributed by atoms with E-state index in [1.807, 2.05) is 0 Å². The second kappa shape index (κ2) is 4.99. The van der Waals surface area contributed by atoms with Gasteiger partial charge in [0, 0.05) is 6.08 Å². The summed E-state index contributed by atoms with van der Waals surface area (Å²) in [6.07, 6.45) is 1.28. The Kier molecular flexibility index (Phi) is 4.58. The summed E-state index contributed by atoms with van der Waals surface area (Å²) in [6.45, 7) is 3.67. The van der Waals surface area contributed by atoms with Gasteiger partial charge in [0.05, 0.1) is 13.2 Å². The van der Waals surface area contributed by atoms with Crippen molar-refractivity contribution in [1.29, 1.82) is 0 Å². The highest BCUT2D eigenvalue weighted by molar-refractivity contribution is 5.82. The molecule has 0 radical (unpaired) electrons. The fraction of sp³-hybridized carbons (Fsp3) is 0.571. The van der Waals surface area contributed by atoms with Crippen LogP contribution >= 0.6 is 0 Å². The minimum atomic E-state index is -0.394. The van der Waals surface area contributed by atoms with Crippen molar-refractivity contribution in [2.75, 3.05) is 13.2 Å². The van der Waals surface area contributed by atoms with E-state index in [9.17, 15) is 4.79 Å². The molecule has 3 heteroatoms. The van der Waals surface area contributed by atoms with Gasteiger partial charge in [-0.15, -0.1) is 0 Å². The Morgan fingerprint density at radius 3 is 2.70 bits per heavy atom. The lowest BCUT2D eigenvalue weighted by atomic mass is 10.3. The molecule has 0 aliphatic heterocycles. The van der Waals surface area contributed by atoms with E-state index in [1.54, 1.807) is 13.8 Å². The molecular formula is C7H12O3. The Morgan fingerprint density at radius 1 is 1.70 bits per heavy atom. The van der Waals surface area contributed by atoms with Crippen molar-refractivity contribution >= 4 is 5.97 Å². The first-order chi connectivity index (χ1) is 4.70. The molecular weight excluding hydrogens is 132 g/mol. The SMILES string of the molecule is CCOC(=O)/C=C(\C)CO. The first-order valence-electron chi connectivity index (χ1n) is 3.15. The summed E-state index contributed by atoms with van der Waals surface area (Å²) in [5.74, 6) is -0.394. The molecule has 0 spiro atoms. The third-order valence-electron chi connectivity index (χ3n) is 0.900. The van der Waals surface area contributed by atoms with Gasteiger partial charge in [-0.1, -0.05) is 0 Å². The number of hydrogen-bond acceptors (Lipinski definition) is 3. The minimum Gasteiger partial charge on any atom is -0.463 e. The Labute approximate surface area is 60.3 Å². The van der Waals surface area contributed by atoms with E-state index in [4.69, 9.17) is 5.11 Å². The van der Waals surface area contributed by atoms with Gasteiger partial charge in [0.25, 0.3) is 0 Å². The van der Waals surface area contributed by atoms with Crippen molar-refractivity contribution in [3.8, 4) is 0 Å². The lowest BCUT2D eigenvalue weighted by molar-refractivity contribution is -0.137. The zero-order chi connectivity index (χ0) is 7.98. The quantitative estimate of drug-likeness (QED) is 0.463. The molecule has 0 rings (SSSR count). The standard InChI is InChI=1S/C7H12O3/c1-3-10-7(9)4-6(2)5-8/h4,8H,3,5H2,1-2H3/b6-4+. The fourth-order valence-electron chi connectivity index (χ4n) is 0.431. The van der Waals surface area contributed by atoms with Crippen LogP contribution in [0.1, 0.15) is 13.8 Å². The maximum absolute atomic E-state index is 10.6. The molecule has 0 aliphatic rings. The monoisotopic (exact) mass is 144 g/mol. The minimum absolute atomic E-state index is 0.0984. The number of carbonyl (C=O) groups excluding carboxylic acids is 1. The van der Waals surface area contributed by atoms with Gasteiger partial charge in [0.15, 0.2) is 0 Å². The van der Waals surface area contributed by atoms with Crippen LogP contribution in [0.3, 0.4) is 0 Å². The summed E-state index contributed by atoms with van der Waals surface area (Å²) < 4.78 is 4.59. The van der Waals surface area contributed by atoms with Gasteiger partial charge < -0.3 is 9.84 Å². The molecule has 0 bridgehead atoms. The predicted octanol–water partition coefficient (Wildman–Crippen LogP) is 0.488. The molecule has 0 fully saturated rings. The molecule has 0 saturated carbocycles. The molecule has 0 aromatic heterocycles. The first-order valence-corrected chi connectivity index (χ1v) is 3.15. The number of aliphatic hydroxyl groups is 1. The molecule has 58 valence electrons. The van der Waals surface area contributed by atoms with Crippen molar-refractivity contribution in [1.82, 2.24) is 0 Å². The zero-order valence-corrected chi connectivity index (χ0v) is 6.26. The molecule has 10 heavy (non-hydrogen) atoms. The van der Waals surface area contributed by atoms with Gasteiger partial charge in [-0.25, -0.2) is 4.79 Å². The summed E-state index contributed by atoms with van der Waals surface area (Å²) in [5.41, 5.74) is 0.610. The molecule has 0 unspecified atom stereocenters. The summed E-state index contributed by atoms with van der Waals surface area (Å²) in [5, 5.41) is 8.48. The summed E-state index contributed by atoms with van der Waals surface area (Å²) >= 11 is 0. The molecule has 0 aliphatic carbocycles. The van der Waals surface area contributed by atoms with E-state index >= 15 is 0 Å². The van der Waals surface area contributed by atoms with E-state index < -0.39 is 5.97 Å². The molecule has 0 aromatic rings. The summed E-state index contributed by atoms with van der Waals surface area (Å²) in [6, 6.07) is 0. The maximum Gasteiger partial charge on any atom is 0.330 e. The highest BCUT2D eigenvalue weighted by atomic mass is 16.5. The van der Waals surface area contributed by atoms with Crippen LogP contribution in [0.4, 0.5) is 0 Å². The van der Waals surface area contributed by atoms with Crippen molar-refractivity contribution in [2.45, 2.75) is 13.8 Å². The molecule has 0 saturated heterocycles. The molecule has 0 amide bonds. The number of esters is 1. The number of hydrogen-bond donors (Lipinski definition) is 1. The number of carbonyl (C=O) groups is 1. The number of ether oxygens (including phenoxy) is 1. The first kappa shape index (κ1) is 9.17. The van der Waals surface area contributed by atoms with E-state index in [-0.39, 0.29) is 6.61 Å². The average Bonchev–Trinajstić information content (AvgIpc) is 1.88. The lowest BCUT2D eigenvalue weighted by Gasteiger charge is -1.96. The fourth-order valence-corrected chi connectivity index (χ4v) is 0.431. The van der Waals surface area contributed by atoms with Gasteiger partial charge in [-0.05, 0) is 19.4 Å². The maximum atomic E-state index is 10.6. The van der Waals surface area contributed by atoms with E-state index in [1.165, 1.54) is 6.08 Å². The second-order valence-electron chi connectivity index (χ2n) is 1.90. The van der Waals surface area contributed by atoms with E-state index in [2.05, 4.69) is 4.74 Å². The van der Waals surface area contributed by atoms with Crippen LogP contribution in [0.2, 0.25) is 0 Å². The molecule has 0 aromatic carbocycles. The summed E-state index contributed by atoms with van der Waals surface area (Å²) in [7, 11) is 0. The van der Waals surface area contributed by atoms with Gasteiger partial charge in [-0.2, -0.15) is 0 Å². The smallest absolute Gasteiger partial charge is 0.330 e. The Morgan fingerprint density at radius 2 is 2.30 bits per heavy atom. The van der Waals surface area contributed by atoms with Crippen LogP contribution < -0.4 is 0 Å². The van der Waals surface area contributed by atoms with Crippen LogP contribution in [-0.2, 0) is 9.53 Å².